The van der Waals surface area contributed by atoms with Crippen LogP contribution in [0.1, 0.15) is 84.1 Å². The van der Waals surface area contributed by atoms with Crippen LogP contribution in [-0.2, 0) is 11.2 Å². The molecule has 0 spiro atoms. The van der Waals surface area contributed by atoms with E-state index in [0.29, 0.717) is 17.4 Å². The summed E-state index contributed by atoms with van der Waals surface area (Å²) in [4.78, 5) is 11.2. The molecular weight excluding hydrogens is 420 g/mol. The monoisotopic (exact) mass is 462 g/mol. The van der Waals surface area contributed by atoms with E-state index in [-0.39, 0.29) is 5.92 Å². The minimum atomic E-state index is -0.615. The maximum Gasteiger partial charge on any atom is 0.306 e. The molecule has 0 amide bonds. The number of carboxylic acids is 1. The van der Waals surface area contributed by atoms with Crippen molar-refractivity contribution in [1.29, 1.82) is 0 Å². The van der Waals surface area contributed by atoms with E-state index in [1.807, 2.05) is 0 Å². The van der Waals surface area contributed by atoms with Gasteiger partial charge in [-0.05, 0) is 110 Å². The van der Waals surface area contributed by atoms with Gasteiger partial charge < -0.3 is 9.84 Å². The number of hydrogen-bond donors (Lipinski definition) is 1. The fraction of sp³-hybridized carbons (Fsp3) is 0.581. The van der Waals surface area contributed by atoms with E-state index < -0.39 is 5.97 Å². The Morgan fingerprint density at radius 2 is 1.56 bits per heavy atom. The summed E-state index contributed by atoms with van der Waals surface area (Å²) in [6.45, 7) is 7.08. The quantitative estimate of drug-likeness (QED) is 0.451. The van der Waals surface area contributed by atoms with Crippen molar-refractivity contribution >= 4 is 5.97 Å². The highest BCUT2D eigenvalue weighted by molar-refractivity contribution is 5.70. The lowest BCUT2D eigenvalue weighted by atomic mass is 9.72. The van der Waals surface area contributed by atoms with Crippen molar-refractivity contribution in [1.82, 2.24) is 0 Å². The summed E-state index contributed by atoms with van der Waals surface area (Å²) in [5, 5.41) is 9.20. The highest BCUT2D eigenvalue weighted by atomic mass is 16.5. The smallest absolute Gasteiger partial charge is 0.306 e. The van der Waals surface area contributed by atoms with Gasteiger partial charge in [0.05, 0.1) is 12.0 Å². The van der Waals surface area contributed by atoms with Gasteiger partial charge in [-0.2, -0.15) is 0 Å². The van der Waals surface area contributed by atoms with Crippen LogP contribution in [-0.4, -0.2) is 17.2 Å². The molecule has 0 aromatic heterocycles. The fourth-order valence-corrected chi connectivity index (χ4v) is 5.94. The Bertz CT molecular complexity index is 924. The molecule has 184 valence electrons. The van der Waals surface area contributed by atoms with Gasteiger partial charge in [-0.25, -0.2) is 0 Å². The van der Waals surface area contributed by atoms with Gasteiger partial charge in [-0.1, -0.05) is 57.2 Å². The molecule has 1 N–H and O–H groups in total. The average molecular weight is 463 g/mol. The second kappa shape index (κ2) is 11.0. The maximum absolute atomic E-state index is 11.2. The number of carboxylic acid groups (broad SMARTS) is 1. The lowest BCUT2D eigenvalue weighted by Gasteiger charge is -2.36. The van der Waals surface area contributed by atoms with Crippen LogP contribution in [0, 0.1) is 23.2 Å². The van der Waals surface area contributed by atoms with Crippen molar-refractivity contribution in [2.45, 2.75) is 91.1 Å². The molecule has 0 heterocycles. The van der Waals surface area contributed by atoms with Gasteiger partial charge in [0.1, 0.15) is 5.75 Å². The second-order valence-electron chi connectivity index (χ2n) is 11.8. The van der Waals surface area contributed by atoms with Crippen molar-refractivity contribution in [3.05, 3.63) is 54.1 Å². The number of aliphatic carboxylic acids is 1. The summed E-state index contributed by atoms with van der Waals surface area (Å²) < 4.78 is 6.32. The molecule has 34 heavy (non-hydrogen) atoms. The Hall–Kier alpha value is -2.29. The molecule has 0 radical (unpaired) electrons. The van der Waals surface area contributed by atoms with E-state index in [0.717, 1.165) is 63.0 Å². The van der Waals surface area contributed by atoms with Crippen LogP contribution in [0.5, 0.6) is 5.75 Å². The highest BCUT2D eigenvalue weighted by Gasteiger charge is 2.30. The third kappa shape index (κ3) is 6.64. The molecule has 4 rings (SSSR count). The molecular formula is C31H42O3. The first-order valence-corrected chi connectivity index (χ1v) is 13.4. The van der Waals surface area contributed by atoms with Crippen LogP contribution in [0.4, 0.5) is 0 Å². The lowest BCUT2D eigenvalue weighted by molar-refractivity contribution is -0.143. The van der Waals surface area contributed by atoms with E-state index in [2.05, 4.69) is 69.3 Å². The Morgan fingerprint density at radius 1 is 0.882 bits per heavy atom. The third-order valence-electron chi connectivity index (χ3n) is 8.35. The number of hydrogen-bond acceptors (Lipinski definition) is 2. The summed E-state index contributed by atoms with van der Waals surface area (Å²) in [5.41, 5.74) is 4.26. The Morgan fingerprint density at radius 3 is 2.18 bits per heavy atom. The van der Waals surface area contributed by atoms with Gasteiger partial charge in [0.15, 0.2) is 0 Å². The Labute approximate surface area is 205 Å². The van der Waals surface area contributed by atoms with Gasteiger partial charge in [0.2, 0.25) is 0 Å². The molecule has 2 aliphatic rings. The van der Waals surface area contributed by atoms with Crippen LogP contribution in [0.2, 0.25) is 0 Å². The molecule has 0 bridgehead atoms. The van der Waals surface area contributed by atoms with E-state index >= 15 is 0 Å². The molecule has 2 fully saturated rings. The van der Waals surface area contributed by atoms with Gasteiger partial charge in [0, 0.05) is 0 Å². The summed E-state index contributed by atoms with van der Waals surface area (Å²) >= 11 is 0. The van der Waals surface area contributed by atoms with Crippen LogP contribution >= 0.6 is 0 Å². The fourth-order valence-electron chi connectivity index (χ4n) is 5.94. The maximum atomic E-state index is 11.2. The number of aryl methyl sites for hydroxylation is 1. The topological polar surface area (TPSA) is 46.5 Å². The van der Waals surface area contributed by atoms with E-state index in [1.54, 1.807) is 0 Å². The second-order valence-corrected chi connectivity index (χ2v) is 11.8. The average Bonchev–Trinajstić information content (AvgIpc) is 2.83. The van der Waals surface area contributed by atoms with Crippen LogP contribution in [0.15, 0.2) is 48.5 Å². The van der Waals surface area contributed by atoms with Crippen molar-refractivity contribution in [2.24, 2.45) is 23.2 Å². The molecule has 2 aliphatic carbocycles. The predicted octanol–water partition coefficient (Wildman–Crippen LogP) is 8.16. The largest absolute Gasteiger partial charge is 0.490 e. The van der Waals surface area contributed by atoms with Gasteiger partial charge in [-0.3, -0.25) is 4.79 Å². The number of rotatable bonds is 7. The Kier molecular flexibility index (Phi) is 8.01. The standard InChI is InChI=1S/C31H42O3/c1-31(2,3)27-15-19-29(20-16-27)34-28-17-13-24(14-18-28)26-6-4-5-23(21-26)8-7-22-9-11-25(12-10-22)30(32)33/h4-6,13-14,17-18,21-22,25,27,29H,7-12,15-16,19-20H2,1-3H3,(H,32,33). The zero-order valence-electron chi connectivity index (χ0n) is 21.3. The van der Waals surface area contributed by atoms with Gasteiger partial charge in [0.25, 0.3) is 0 Å². The molecule has 0 atom stereocenters. The summed E-state index contributed by atoms with van der Waals surface area (Å²) in [6.07, 6.45) is 11.2. The molecule has 3 heteroatoms. The van der Waals surface area contributed by atoms with Crippen molar-refractivity contribution in [3.8, 4) is 16.9 Å². The number of carbonyl (C=O) groups is 1. The lowest BCUT2D eigenvalue weighted by Crippen LogP contribution is -2.30. The molecule has 2 aromatic rings. The molecule has 0 unspecified atom stereocenters. The number of benzene rings is 2. The van der Waals surface area contributed by atoms with E-state index in [1.165, 1.54) is 29.5 Å². The molecule has 0 aliphatic heterocycles. The van der Waals surface area contributed by atoms with E-state index in [4.69, 9.17) is 4.74 Å². The number of ether oxygens (including phenoxy) is 1. The summed E-state index contributed by atoms with van der Waals surface area (Å²) in [5.74, 6) is 1.72. The Balaban J connectivity index is 1.28. The predicted molar refractivity (Wildman–Crippen MR) is 139 cm³/mol. The third-order valence-corrected chi connectivity index (χ3v) is 8.35. The summed E-state index contributed by atoms with van der Waals surface area (Å²) in [6, 6.07) is 17.5. The van der Waals surface area contributed by atoms with E-state index in [9.17, 15) is 9.90 Å². The van der Waals surface area contributed by atoms with Crippen LogP contribution in [0.3, 0.4) is 0 Å². The minimum Gasteiger partial charge on any atom is -0.490 e. The normalized spacial score (nSPS) is 25.6. The minimum absolute atomic E-state index is 0.120. The SMILES string of the molecule is CC(C)(C)C1CCC(Oc2ccc(-c3cccc(CCC4CCC(C(=O)O)CC4)c3)cc2)CC1. The zero-order valence-corrected chi connectivity index (χ0v) is 21.3. The van der Waals surface area contributed by atoms with Gasteiger partial charge >= 0.3 is 5.97 Å². The van der Waals surface area contributed by atoms with Crippen LogP contribution < -0.4 is 4.74 Å². The van der Waals surface area contributed by atoms with Gasteiger partial charge in [-0.15, -0.1) is 0 Å². The molecule has 2 aromatic carbocycles. The molecule has 0 saturated heterocycles. The van der Waals surface area contributed by atoms with Crippen molar-refractivity contribution in [3.63, 3.8) is 0 Å². The van der Waals surface area contributed by atoms with Crippen LogP contribution in [0.25, 0.3) is 11.1 Å². The highest BCUT2D eigenvalue weighted by Crippen LogP contribution is 2.39. The first-order chi connectivity index (χ1) is 16.3. The van der Waals surface area contributed by atoms with Crippen molar-refractivity contribution in [2.75, 3.05) is 0 Å². The van der Waals surface area contributed by atoms with Crippen molar-refractivity contribution < 1.29 is 14.6 Å². The first-order valence-electron chi connectivity index (χ1n) is 13.4. The zero-order chi connectivity index (χ0) is 24.1. The summed E-state index contributed by atoms with van der Waals surface area (Å²) in [7, 11) is 0. The molecule has 3 nitrogen and oxygen atoms in total. The first kappa shape index (κ1) is 24.8. The molecule has 2 saturated carbocycles.